The highest BCUT2D eigenvalue weighted by Gasteiger charge is 2.17. The Hall–Kier alpha value is -1.88. The van der Waals surface area contributed by atoms with E-state index < -0.39 is 5.97 Å². The summed E-state index contributed by atoms with van der Waals surface area (Å²) in [5, 5.41) is 8.78. The number of aryl methyl sites for hydroxylation is 1. The van der Waals surface area contributed by atoms with Crippen LogP contribution in [0.4, 0.5) is 0 Å². The predicted molar refractivity (Wildman–Crippen MR) is 75.8 cm³/mol. The Labute approximate surface area is 119 Å². The van der Waals surface area contributed by atoms with E-state index in [1.165, 1.54) is 0 Å². The van der Waals surface area contributed by atoms with E-state index in [-0.39, 0.29) is 18.9 Å². The van der Waals surface area contributed by atoms with E-state index in [9.17, 15) is 9.59 Å². The number of hydrogen-bond donors (Lipinski definition) is 1. The van der Waals surface area contributed by atoms with Gasteiger partial charge in [0.2, 0.25) is 0 Å². The third-order valence-corrected chi connectivity index (χ3v) is 3.03. The van der Waals surface area contributed by atoms with Crippen molar-refractivity contribution < 1.29 is 19.4 Å². The number of carbonyl (C=O) groups excluding carboxylic acids is 1. The molecule has 0 spiro atoms. The molecule has 5 heteroatoms. The molecule has 0 saturated heterocycles. The highest BCUT2D eigenvalue weighted by Crippen LogP contribution is 2.11. The van der Waals surface area contributed by atoms with Gasteiger partial charge in [-0.05, 0) is 25.0 Å². The van der Waals surface area contributed by atoms with E-state index in [0.717, 1.165) is 5.56 Å². The van der Waals surface area contributed by atoms with E-state index in [0.29, 0.717) is 25.1 Å². The number of amides is 1. The topological polar surface area (TPSA) is 66.8 Å². The molecule has 5 nitrogen and oxygen atoms in total. The second-order valence-corrected chi connectivity index (χ2v) is 4.60. The lowest BCUT2D eigenvalue weighted by Crippen LogP contribution is -2.34. The summed E-state index contributed by atoms with van der Waals surface area (Å²) in [6, 6.07) is 7.32. The SMILES string of the molecule is COCCCN(CCC(=O)O)C(=O)c1ccccc1C. The van der Waals surface area contributed by atoms with Crippen LogP contribution in [-0.2, 0) is 9.53 Å². The van der Waals surface area contributed by atoms with Crippen LogP contribution in [0.2, 0.25) is 0 Å². The van der Waals surface area contributed by atoms with Crippen molar-refractivity contribution >= 4 is 11.9 Å². The number of aliphatic carboxylic acids is 1. The van der Waals surface area contributed by atoms with E-state index in [1.54, 1.807) is 18.1 Å². The van der Waals surface area contributed by atoms with Crippen molar-refractivity contribution in [2.24, 2.45) is 0 Å². The van der Waals surface area contributed by atoms with Gasteiger partial charge < -0.3 is 14.7 Å². The molecule has 0 aromatic heterocycles. The van der Waals surface area contributed by atoms with Crippen molar-refractivity contribution in [3.8, 4) is 0 Å². The number of methoxy groups -OCH3 is 1. The number of ether oxygens (including phenoxy) is 1. The minimum absolute atomic E-state index is 0.0510. The van der Waals surface area contributed by atoms with Crippen LogP contribution < -0.4 is 0 Å². The molecule has 1 N–H and O–H groups in total. The molecular weight excluding hydrogens is 258 g/mol. The Morgan fingerprint density at radius 1 is 1.25 bits per heavy atom. The van der Waals surface area contributed by atoms with Crippen molar-refractivity contribution in [1.29, 1.82) is 0 Å². The van der Waals surface area contributed by atoms with Crippen LogP contribution in [0.5, 0.6) is 0 Å². The second kappa shape index (κ2) is 8.32. The van der Waals surface area contributed by atoms with Gasteiger partial charge in [-0.15, -0.1) is 0 Å². The highest BCUT2D eigenvalue weighted by molar-refractivity contribution is 5.95. The third-order valence-electron chi connectivity index (χ3n) is 3.03. The van der Waals surface area contributed by atoms with Crippen LogP contribution in [-0.4, -0.2) is 48.7 Å². The normalized spacial score (nSPS) is 10.3. The number of carboxylic acids is 1. The van der Waals surface area contributed by atoms with Crippen LogP contribution in [0, 0.1) is 6.92 Å². The first-order chi connectivity index (χ1) is 9.56. The first kappa shape index (κ1) is 16.2. The molecule has 20 heavy (non-hydrogen) atoms. The molecule has 110 valence electrons. The summed E-state index contributed by atoms with van der Waals surface area (Å²) in [6.07, 6.45) is 0.637. The van der Waals surface area contributed by atoms with Crippen LogP contribution in [0.15, 0.2) is 24.3 Å². The van der Waals surface area contributed by atoms with Crippen molar-refractivity contribution in [2.75, 3.05) is 26.8 Å². The summed E-state index contributed by atoms with van der Waals surface area (Å²) in [6.45, 7) is 3.13. The van der Waals surface area contributed by atoms with E-state index >= 15 is 0 Å². The maximum atomic E-state index is 12.5. The van der Waals surface area contributed by atoms with Gasteiger partial charge in [0, 0.05) is 32.4 Å². The molecule has 0 radical (unpaired) electrons. The summed E-state index contributed by atoms with van der Waals surface area (Å²) in [5.74, 6) is -1.03. The molecule has 0 aliphatic rings. The van der Waals surface area contributed by atoms with Crippen LogP contribution in [0.1, 0.15) is 28.8 Å². The zero-order valence-electron chi connectivity index (χ0n) is 12.0. The lowest BCUT2D eigenvalue weighted by Gasteiger charge is -2.22. The smallest absolute Gasteiger partial charge is 0.305 e. The summed E-state index contributed by atoms with van der Waals surface area (Å²) in [5.41, 5.74) is 1.51. The summed E-state index contributed by atoms with van der Waals surface area (Å²) < 4.78 is 4.97. The Kier molecular flexibility index (Phi) is 6.73. The number of nitrogens with zero attached hydrogens (tertiary/aromatic N) is 1. The molecule has 1 amide bonds. The number of benzene rings is 1. The average molecular weight is 279 g/mol. The van der Waals surface area contributed by atoms with Crippen molar-refractivity contribution in [3.05, 3.63) is 35.4 Å². The standard InChI is InChI=1S/C15H21NO4/c1-12-6-3-4-7-13(12)15(19)16(9-5-11-20-2)10-8-14(17)18/h3-4,6-7H,5,8-11H2,1-2H3,(H,17,18). The number of rotatable bonds is 8. The predicted octanol–water partition coefficient (Wildman–Crippen LogP) is 1.95. The number of hydrogen-bond acceptors (Lipinski definition) is 3. The van der Waals surface area contributed by atoms with Gasteiger partial charge in [-0.3, -0.25) is 9.59 Å². The van der Waals surface area contributed by atoms with Gasteiger partial charge in [-0.2, -0.15) is 0 Å². The van der Waals surface area contributed by atoms with E-state index in [4.69, 9.17) is 9.84 Å². The maximum Gasteiger partial charge on any atom is 0.305 e. The zero-order valence-corrected chi connectivity index (χ0v) is 12.0. The van der Waals surface area contributed by atoms with Crippen LogP contribution >= 0.6 is 0 Å². The second-order valence-electron chi connectivity index (χ2n) is 4.60. The van der Waals surface area contributed by atoms with Crippen LogP contribution in [0.25, 0.3) is 0 Å². The van der Waals surface area contributed by atoms with Crippen LogP contribution in [0.3, 0.4) is 0 Å². The number of carboxylic acid groups (broad SMARTS) is 1. The average Bonchev–Trinajstić information content (AvgIpc) is 2.42. The molecular formula is C15H21NO4. The first-order valence-electron chi connectivity index (χ1n) is 6.62. The Bertz CT molecular complexity index is 459. The molecule has 0 aliphatic heterocycles. The molecule has 0 bridgehead atoms. The van der Waals surface area contributed by atoms with Gasteiger partial charge in [0.1, 0.15) is 0 Å². The summed E-state index contributed by atoms with van der Waals surface area (Å²) in [7, 11) is 1.60. The molecule has 1 aromatic carbocycles. The van der Waals surface area contributed by atoms with Gasteiger partial charge in [0.05, 0.1) is 6.42 Å². The minimum atomic E-state index is -0.903. The van der Waals surface area contributed by atoms with Gasteiger partial charge in [0.25, 0.3) is 5.91 Å². The highest BCUT2D eigenvalue weighted by atomic mass is 16.5. The third kappa shape index (κ3) is 5.01. The van der Waals surface area contributed by atoms with Gasteiger partial charge in [0.15, 0.2) is 0 Å². The molecule has 0 unspecified atom stereocenters. The van der Waals surface area contributed by atoms with Crippen molar-refractivity contribution in [3.63, 3.8) is 0 Å². The lowest BCUT2D eigenvalue weighted by atomic mass is 10.1. The van der Waals surface area contributed by atoms with Gasteiger partial charge in [-0.1, -0.05) is 18.2 Å². The quantitative estimate of drug-likeness (QED) is 0.739. The zero-order chi connectivity index (χ0) is 15.0. The monoisotopic (exact) mass is 279 g/mol. The molecule has 0 aliphatic carbocycles. The molecule has 0 heterocycles. The minimum Gasteiger partial charge on any atom is -0.481 e. The molecule has 1 rings (SSSR count). The van der Waals surface area contributed by atoms with E-state index in [1.807, 2.05) is 25.1 Å². The van der Waals surface area contributed by atoms with Gasteiger partial charge >= 0.3 is 5.97 Å². The fraction of sp³-hybridized carbons (Fsp3) is 0.467. The number of carbonyl (C=O) groups is 2. The molecule has 1 aromatic rings. The molecule has 0 fully saturated rings. The summed E-state index contributed by atoms with van der Waals surface area (Å²) in [4.78, 5) is 24.7. The Balaban J connectivity index is 2.77. The fourth-order valence-electron chi connectivity index (χ4n) is 1.93. The van der Waals surface area contributed by atoms with Crippen molar-refractivity contribution in [2.45, 2.75) is 19.8 Å². The van der Waals surface area contributed by atoms with Crippen molar-refractivity contribution in [1.82, 2.24) is 4.90 Å². The first-order valence-corrected chi connectivity index (χ1v) is 6.62. The summed E-state index contributed by atoms with van der Waals surface area (Å²) >= 11 is 0. The maximum absolute atomic E-state index is 12.5. The van der Waals surface area contributed by atoms with Gasteiger partial charge in [-0.25, -0.2) is 0 Å². The fourth-order valence-corrected chi connectivity index (χ4v) is 1.93. The Morgan fingerprint density at radius 3 is 2.55 bits per heavy atom. The molecule has 0 saturated carbocycles. The lowest BCUT2D eigenvalue weighted by molar-refractivity contribution is -0.137. The largest absolute Gasteiger partial charge is 0.481 e. The van der Waals surface area contributed by atoms with E-state index in [2.05, 4.69) is 0 Å². The molecule has 0 atom stereocenters. The Morgan fingerprint density at radius 2 is 1.95 bits per heavy atom.